The molecular weight excluding hydrogens is 278 g/mol. The van der Waals surface area contributed by atoms with Crippen LogP contribution in [0.4, 0.5) is 0 Å². The molecule has 0 saturated heterocycles. The molecule has 0 amide bonds. The summed E-state index contributed by atoms with van der Waals surface area (Å²) in [4.78, 5) is 1.41. The number of aliphatic hydroxyl groups excluding tert-OH is 1. The zero-order chi connectivity index (χ0) is 15.3. The van der Waals surface area contributed by atoms with Gasteiger partial charge in [0.2, 0.25) is 0 Å². The summed E-state index contributed by atoms with van der Waals surface area (Å²) in [6.07, 6.45) is 5.76. The molecule has 1 aromatic carbocycles. The van der Waals surface area contributed by atoms with Gasteiger partial charge >= 0.3 is 0 Å². The van der Waals surface area contributed by atoms with E-state index in [0.717, 1.165) is 25.8 Å². The molecule has 2 unspecified atom stereocenters. The number of rotatable bonds is 6. The van der Waals surface area contributed by atoms with Crippen LogP contribution in [0.25, 0.3) is 0 Å². The van der Waals surface area contributed by atoms with Gasteiger partial charge in [-0.3, -0.25) is 0 Å². The number of hydrogen-bond acceptors (Lipinski definition) is 3. The molecule has 0 heterocycles. The Kier molecular flexibility index (Phi) is 6.15. The van der Waals surface area contributed by atoms with Crippen LogP contribution in [-0.4, -0.2) is 29.0 Å². The number of nitrogens with one attached hydrogen (secondary N) is 1. The molecule has 1 fully saturated rings. The van der Waals surface area contributed by atoms with Gasteiger partial charge in [0.15, 0.2) is 0 Å². The molecule has 2 nitrogen and oxygen atoms in total. The van der Waals surface area contributed by atoms with Gasteiger partial charge in [-0.2, -0.15) is 0 Å². The van der Waals surface area contributed by atoms with Gasteiger partial charge in [-0.15, -0.1) is 11.8 Å². The van der Waals surface area contributed by atoms with Crippen LogP contribution in [0.1, 0.15) is 50.2 Å². The minimum atomic E-state index is -0.0519. The van der Waals surface area contributed by atoms with E-state index in [-0.39, 0.29) is 12.1 Å². The van der Waals surface area contributed by atoms with Crippen molar-refractivity contribution in [3.8, 4) is 0 Å². The van der Waals surface area contributed by atoms with Crippen LogP contribution < -0.4 is 5.32 Å². The molecule has 3 heteroatoms. The molecule has 118 valence electrons. The number of aryl methyl sites for hydroxylation is 2. The topological polar surface area (TPSA) is 32.3 Å². The minimum Gasteiger partial charge on any atom is -0.394 e. The highest BCUT2D eigenvalue weighted by Crippen LogP contribution is 2.39. The summed E-state index contributed by atoms with van der Waals surface area (Å²) in [6.45, 7) is 7.80. The molecule has 2 N–H and O–H groups in total. The summed E-state index contributed by atoms with van der Waals surface area (Å²) in [5, 5.41) is 14.1. The summed E-state index contributed by atoms with van der Waals surface area (Å²) in [5.74, 6) is 0. The van der Waals surface area contributed by atoms with Crippen LogP contribution in [0.5, 0.6) is 0 Å². The third kappa shape index (κ3) is 4.48. The van der Waals surface area contributed by atoms with E-state index in [0.29, 0.717) is 5.25 Å². The van der Waals surface area contributed by atoms with Crippen LogP contribution >= 0.6 is 11.8 Å². The molecule has 1 aliphatic rings. The van der Waals surface area contributed by atoms with Crippen molar-refractivity contribution in [2.24, 2.45) is 0 Å². The fraction of sp³-hybridized carbons (Fsp3) is 0.667. The zero-order valence-corrected chi connectivity index (χ0v) is 14.4. The maximum atomic E-state index is 9.88. The van der Waals surface area contributed by atoms with Crippen LogP contribution in [0.3, 0.4) is 0 Å². The van der Waals surface area contributed by atoms with Crippen molar-refractivity contribution in [3.63, 3.8) is 0 Å². The Morgan fingerprint density at radius 1 is 1.38 bits per heavy atom. The maximum absolute atomic E-state index is 9.88. The molecular formula is C18H29NOS. The maximum Gasteiger partial charge on any atom is 0.0613 e. The highest BCUT2D eigenvalue weighted by atomic mass is 32.2. The monoisotopic (exact) mass is 307 g/mol. The lowest BCUT2D eigenvalue weighted by molar-refractivity contribution is 0.124. The van der Waals surface area contributed by atoms with E-state index >= 15 is 0 Å². The van der Waals surface area contributed by atoms with Gasteiger partial charge in [-0.25, -0.2) is 0 Å². The highest BCUT2D eigenvalue weighted by Gasteiger charge is 2.35. The van der Waals surface area contributed by atoms with Gasteiger partial charge < -0.3 is 10.4 Å². The van der Waals surface area contributed by atoms with E-state index in [9.17, 15) is 5.11 Å². The Balaban J connectivity index is 2.04. The first-order valence-corrected chi connectivity index (χ1v) is 9.06. The van der Waals surface area contributed by atoms with Gasteiger partial charge in [-0.05, 0) is 57.7 Å². The van der Waals surface area contributed by atoms with Crippen molar-refractivity contribution in [3.05, 3.63) is 29.3 Å². The average molecular weight is 308 g/mol. The quantitative estimate of drug-likeness (QED) is 0.831. The van der Waals surface area contributed by atoms with Crippen LogP contribution in [0.2, 0.25) is 0 Å². The predicted octanol–water partition coefficient (Wildman–Crippen LogP) is 4.07. The van der Waals surface area contributed by atoms with Gasteiger partial charge in [0, 0.05) is 15.7 Å². The van der Waals surface area contributed by atoms with Crippen LogP contribution in [-0.2, 0) is 0 Å². The fourth-order valence-corrected chi connectivity index (χ4v) is 4.73. The van der Waals surface area contributed by atoms with Crippen molar-refractivity contribution in [2.75, 3.05) is 13.2 Å². The largest absolute Gasteiger partial charge is 0.394 e. The van der Waals surface area contributed by atoms with Gasteiger partial charge in [-0.1, -0.05) is 31.0 Å². The lowest BCUT2D eigenvalue weighted by atomic mass is 9.82. The van der Waals surface area contributed by atoms with E-state index < -0.39 is 0 Å². The van der Waals surface area contributed by atoms with Crippen LogP contribution in [0, 0.1) is 13.8 Å². The van der Waals surface area contributed by atoms with Crippen LogP contribution in [0.15, 0.2) is 23.1 Å². The number of thioether (sulfide) groups is 1. The Bertz CT molecular complexity index is 463. The summed E-state index contributed by atoms with van der Waals surface area (Å²) in [6, 6.07) is 6.70. The predicted molar refractivity (Wildman–Crippen MR) is 92.1 cm³/mol. The normalized spacial score (nSPS) is 26.0. The molecule has 2 atom stereocenters. The summed E-state index contributed by atoms with van der Waals surface area (Å²) < 4.78 is 0. The van der Waals surface area contributed by atoms with E-state index in [4.69, 9.17) is 0 Å². The number of hydrogen-bond donors (Lipinski definition) is 2. The number of benzene rings is 1. The standard InChI is InChI=1S/C18H29NOS/c1-4-10-19-18(13-20)9-5-6-16(12-18)21-17-11-14(2)7-8-15(17)3/h7-8,11,16,19-20H,4-6,9-10,12-13H2,1-3H3. The van der Waals surface area contributed by atoms with E-state index in [2.05, 4.69) is 44.3 Å². The molecule has 0 aromatic heterocycles. The molecule has 2 rings (SSSR count). The molecule has 1 aliphatic carbocycles. The first-order chi connectivity index (χ1) is 10.1. The molecule has 0 aliphatic heterocycles. The first kappa shape index (κ1) is 16.9. The lowest BCUT2D eigenvalue weighted by Gasteiger charge is -2.40. The highest BCUT2D eigenvalue weighted by molar-refractivity contribution is 8.00. The second-order valence-corrected chi connectivity index (χ2v) is 7.81. The van der Waals surface area contributed by atoms with Gasteiger partial charge in [0.1, 0.15) is 0 Å². The molecule has 21 heavy (non-hydrogen) atoms. The van der Waals surface area contributed by atoms with Crippen molar-refractivity contribution in [1.82, 2.24) is 5.32 Å². The van der Waals surface area contributed by atoms with Crippen molar-refractivity contribution >= 4 is 11.8 Å². The van der Waals surface area contributed by atoms with Gasteiger partial charge in [0.05, 0.1) is 6.61 Å². The Morgan fingerprint density at radius 3 is 2.90 bits per heavy atom. The first-order valence-electron chi connectivity index (χ1n) is 8.18. The minimum absolute atomic E-state index is 0.0519. The third-order valence-electron chi connectivity index (χ3n) is 4.49. The third-order valence-corrected chi connectivity index (χ3v) is 5.92. The van der Waals surface area contributed by atoms with E-state index in [1.54, 1.807) is 0 Å². The second-order valence-electron chi connectivity index (χ2n) is 6.47. The SMILES string of the molecule is CCCNC1(CO)CCCC(Sc2cc(C)ccc2C)C1. The van der Waals surface area contributed by atoms with Crippen molar-refractivity contribution < 1.29 is 5.11 Å². The molecule has 0 spiro atoms. The van der Waals surface area contributed by atoms with E-state index in [1.165, 1.54) is 28.9 Å². The van der Waals surface area contributed by atoms with E-state index in [1.807, 2.05) is 11.8 Å². The van der Waals surface area contributed by atoms with Crippen molar-refractivity contribution in [2.45, 2.75) is 68.6 Å². The Labute approximate surface area is 133 Å². The summed E-state index contributed by atoms with van der Waals surface area (Å²) >= 11 is 2.01. The fourth-order valence-electron chi connectivity index (χ4n) is 3.17. The average Bonchev–Trinajstić information content (AvgIpc) is 2.49. The Hall–Kier alpha value is -0.510. The summed E-state index contributed by atoms with van der Waals surface area (Å²) in [5.41, 5.74) is 2.65. The molecule has 0 bridgehead atoms. The second kappa shape index (κ2) is 7.66. The molecule has 0 radical (unpaired) electrons. The zero-order valence-electron chi connectivity index (χ0n) is 13.6. The lowest BCUT2D eigenvalue weighted by Crippen LogP contribution is -2.52. The summed E-state index contributed by atoms with van der Waals surface area (Å²) in [7, 11) is 0. The number of aliphatic hydroxyl groups is 1. The molecule has 1 saturated carbocycles. The van der Waals surface area contributed by atoms with Crippen molar-refractivity contribution in [1.29, 1.82) is 0 Å². The smallest absolute Gasteiger partial charge is 0.0613 e. The van der Waals surface area contributed by atoms with Gasteiger partial charge in [0.25, 0.3) is 0 Å². The molecule has 1 aromatic rings. The Morgan fingerprint density at radius 2 is 2.19 bits per heavy atom.